The lowest BCUT2D eigenvalue weighted by atomic mass is 10.5. The molecule has 0 radical (unpaired) electrons. The van der Waals surface area contributed by atoms with E-state index in [9.17, 15) is 0 Å². The third-order valence-corrected chi connectivity index (χ3v) is 1.34. The van der Waals surface area contributed by atoms with Crippen LogP contribution >= 0.6 is 0 Å². The molecule has 1 aromatic heterocycles. The minimum absolute atomic E-state index is 0.571. The molecule has 1 heterocycles. The quantitative estimate of drug-likeness (QED) is 0.628. The van der Waals surface area contributed by atoms with Gasteiger partial charge in [0.1, 0.15) is 11.8 Å². The van der Waals surface area contributed by atoms with Gasteiger partial charge in [-0.05, 0) is 6.07 Å². The second-order valence-corrected chi connectivity index (χ2v) is 2.04. The summed E-state index contributed by atoms with van der Waals surface area (Å²) in [6.45, 7) is 1.21. The van der Waals surface area contributed by atoms with Crippen molar-refractivity contribution in [2.24, 2.45) is 0 Å². The van der Waals surface area contributed by atoms with Crippen LogP contribution in [-0.4, -0.2) is 23.5 Å². The first-order valence-electron chi connectivity index (χ1n) is 3.29. The molecule has 0 aliphatic heterocycles. The monoisotopic (exact) mass is 151 g/mol. The molecule has 4 nitrogen and oxygen atoms in total. The molecule has 0 fully saturated rings. The highest BCUT2D eigenvalue weighted by Crippen LogP contribution is 1.95. The summed E-state index contributed by atoms with van der Waals surface area (Å²) in [7, 11) is 1.62. The molecule has 1 rings (SSSR count). The molecule has 0 saturated carbocycles. The maximum Gasteiger partial charge on any atom is 0.138 e. The molecule has 0 N–H and O–H groups in total. The topological polar surface area (TPSA) is 50.8 Å². The Labute approximate surface area is 65.0 Å². The molecule has 0 bridgehead atoms. The second-order valence-electron chi connectivity index (χ2n) is 2.04. The number of rotatable bonds is 3. The van der Waals surface area contributed by atoms with E-state index in [1.54, 1.807) is 24.1 Å². The van der Waals surface area contributed by atoms with Gasteiger partial charge in [-0.2, -0.15) is 10.4 Å². The van der Waals surface area contributed by atoms with Gasteiger partial charge in [-0.3, -0.25) is 4.68 Å². The highest BCUT2D eigenvalue weighted by molar-refractivity contribution is 5.18. The molecule has 0 spiro atoms. The molecule has 4 heteroatoms. The number of ether oxygens (including phenoxy) is 1. The van der Waals surface area contributed by atoms with Gasteiger partial charge in [0.15, 0.2) is 0 Å². The Balaban J connectivity index is 2.63. The SMILES string of the molecule is COCCn1nccc1C#N. The summed E-state index contributed by atoms with van der Waals surface area (Å²) in [4.78, 5) is 0. The summed E-state index contributed by atoms with van der Waals surface area (Å²) < 4.78 is 6.46. The van der Waals surface area contributed by atoms with E-state index in [-0.39, 0.29) is 0 Å². The van der Waals surface area contributed by atoms with Crippen LogP contribution in [0.1, 0.15) is 5.69 Å². The van der Waals surface area contributed by atoms with Crippen LogP contribution in [0.15, 0.2) is 12.3 Å². The zero-order chi connectivity index (χ0) is 8.10. The van der Waals surface area contributed by atoms with Crippen LogP contribution in [-0.2, 0) is 11.3 Å². The van der Waals surface area contributed by atoms with Crippen molar-refractivity contribution >= 4 is 0 Å². The van der Waals surface area contributed by atoms with Gasteiger partial charge in [0.25, 0.3) is 0 Å². The lowest BCUT2D eigenvalue weighted by Gasteiger charge is -1.99. The second kappa shape index (κ2) is 3.74. The van der Waals surface area contributed by atoms with Gasteiger partial charge in [-0.15, -0.1) is 0 Å². The lowest BCUT2D eigenvalue weighted by Crippen LogP contribution is -2.07. The highest BCUT2D eigenvalue weighted by Gasteiger charge is 1.98. The van der Waals surface area contributed by atoms with E-state index in [0.29, 0.717) is 18.8 Å². The van der Waals surface area contributed by atoms with Crippen LogP contribution in [0, 0.1) is 11.3 Å². The first-order valence-corrected chi connectivity index (χ1v) is 3.29. The van der Waals surface area contributed by atoms with E-state index in [1.807, 2.05) is 6.07 Å². The van der Waals surface area contributed by atoms with Crippen molar-refractivity contribution in [3.63, 3.8) is 0 Å². The molecule has 0 aliphatic rings. The van der Waals surface area contributed by atoms with E-state index >= 15 is 0 Å². The number of nitrogens with zero attached hydrogens (tertiary/aromatic N) is 3. The molecule has 1 aromatic rings. The lowest BCUT2D eigenvalue weighted by molar-refractivity contribution is 0.183. The molecule has 0 unspecified atom stereocenters. The van der Waals surface area contributed by atoms with Crippen molar-refractivity contribution in [1.29, 1.82) is 5.26 Å². The van der Waals surface area contributed by atoms with Crippen molar-refractivity contribution in [2.75, 3.05) is 13.7 Å². The molecule has 0 aliphatic carbocycles. The van der Waals surface area contributed by atoms with Crippen molar-refractivity contribution in [3.8, 4) is 6.07 Å². The van der Waals surface area contributed by atoms with Crippen molar-refractivity contribution in [3.05, 3.63) is 18.0 Å². The molecule has 11 heavy (non-hydrogen) atoms. The van der Waals surface area contributed by atoms with E-state index in [1.165, 1.54) is 0 Å². The first-order chi connectivity index (χ1) is 5.38. The highest BCUT2D eigenvalue weighted by atomic mass is 16.5. The average Bonchev–Trinajstić information content (AvgIpc) is 2.47. The Morgan fingerprint density at radius 2 is 2.64 bits per heavy atom. The third kappa shape index (κ3) is 1.79. The summed E-state index contributed by atoms with van der Waals surface area (Å²) in [6.07, 6.45) is 1.61. The molecule has 58 valence electrons. The van der Waals surface area contributed by atoms with Crippen molar-refractivity contribution in [1.82, 2.24) is 9.78 Å². The normalized spacial score (nSPS) is 9.45. The molecule has 0 atom stereocenters. The minimum Gasteiger partial charge on any atom is -0.383 e. The largest absolute Gasteiger partial charge is 0.383 e. The summed E-state index contributed by atoms with van der Waals surface area (Å²) >= 11 is 0. The minimum atomic E-state index is 0.571. The average molecular weight is 151 g/mol. The Bertz CT molecular complexity index is 261. The smallest absolute Gasteiger partial charge is 0.138 e. The van der Waals surface area contributed by atoms with Crippen LogP contribution < -0.4 is 0 Å². The Kier molecular flexibility index (Phi) is 2.64. The maximum absolute atomic E-state index is 8.56. The fraction of sp³-hybridized carbons (Fsp3) is 0.429. The number of methoxy groups -OCH3 is 1. The molecule has 0 aromatic carbocycles. The number of nitriles is 1. The maximum atomic E-state index is 8.56. The van der Waals surface area contributed by atoms with Crippen LogP contribution in [0.4, 0.5) is 0 Å². The van der Waals surface area contributed by atoms with Crippen LogP contribution in [0.5, 0.6) is 0 Å². The fourth-order valence-electron chi connectivity index (χ4n) is 0.784. The Morgan fingerprint density at radius 3 is 3.27 bits per heavy atom. The van der Waals surface area contributed by atoms with Crippen LogP contribution in [0.2, 0.25) is 0 Å². The van der Waals surface area contributed by atoms with Crippen LogP contribution in [0.3, 0.4) is 0 Å². The third-order valence-electron chi connectivity index (χ3n) is 1.34. The Morgan fingerprint density at radius 1 is 1.82 bits per heavy atom. The van der Waals surface area contributed by atoms with Gasteiger partial charge in [0.2, 0.25) is 0 Å². The molecular weight excluding hydrogens is 142 g/mol. The van der Waals surface area contributed by atoms with Crippen LogP contribution in [0.25, 0.3) is 0 Å². The number of hydrogen-bond acceptors (Lipinski definition) is 3. The van der Waals surface area contributed by atoms with Gasteiger partial charge in [0, 0.05) is 7.11 Å². The standard InChI is InChI=1S/C7H9N3O/c1-11-5-4-10-7(6-8)2-3-9-10/h2-3H,4-5H2,1H3. The van der Waals surface area contributed by atoms with Crippen molar-refractivity contribution in [2.45, 2.75) is 6.54 Å². The van der Waals surface area contributed by atoms with Gasteiger partial charge < -0.3 is 4.74 Å². The Hall–Kier alpha value is -1.34. The van der Waals surface area contributed by atoms with E-state index < -0.39 is 0 Å². The predicted octanol–water partition coefficient (Wildman–Crippen LogP) is 0.401. The number of hydrogen-bond donors (Lipinski definition) is 0. The van der Waals surface area contributed by atoms with Crippen molar-refractivity contribution < 1.29 is 4.74 Å². The summed E-state index contributed by atoms with van der Waals surface area (Å²) in [5.41, 5.74) is 0.571. The summed E-state index contributed by atoms with van der Waals surface area (Å²) in [5.74, 6) is 0. The van der Waals surface area contributed by atoms with E-state index in [0.717, 1.165) is 0 Å². The predicted molar refractivity (Wildman–Crippen MR) is 38.8 cm³/mol. The zero-order valence-corrected chi connectivity index (χ0v) is 6.32. The van der Waals surface area contributed by atoms with E-state index in [2.05, 4.69) is 5.10 Å². The van der Waals surface area contributed by atoms with E-state index in [4.69, 9.17) is 10.00 Å². The molecule has 0 saturated heterocycles. The number of aromatic nitrogens is 2. The zero-order valence-electron chi connectivity index (χ0n) is 6.32. The van der Waals surface area contributed by atoms with Gasteiger partial charge in [0.05, 0.1) is 19.3 Å². The molecule has 0 amide bonds. The van der Waals surface area contributed by atoms with Gasteiger partial charge >= 0.3 is 0 Å². The fourth-order valence-corrected chi connectivity index (χ4v) is 0.784. The summed E-state index contributed by atoms with van der Waals surface area (Å²) in [5, 5.41) is 12.5. The van der Waals surface area contributed by atoms with Gasteiger partial charge in [-0.25, -0.2) is 0 Å². The van der Waals surface area contributed by atoms with Gasteiger partial charge in [-0.1, -0.05) is 0 Å². The molecular formula is C7H9N3O. The first kappa shape index (κ1) is 7.76. The summed E-state index contributed by atoms with van der Waals surface area (Å²) in [6, 6.07) is 3.71.